The van der Waals surface area contributed by atoms with Crippen LogP contribution in [0.3, 0.4) is 0 Å². The molecule has 0 spiro atoms. The first kappa shape index (κ1) is 10.4. The van der Waals surface area contributed by atoms with Crippen LogP contribution in [0.5, 0.6) is 0 Å². The van der Waals surface area contributed by atoms with Crippen molar-refractivity contribution in [2.75, 3.05) is 0 Å². The average molecular weight is 212 g/mol. The van der Waals surface area contributed by atoms with E-state index in [2.05, 4.69) is 0 Å². The molecule has 0 saturated heterocycles. The van der Waals surface area contributed by atoms with E-state index in [4.69, 9.17) is 4.42 Å². The number of benzene rings is 1. The van der Waals surface area contributed by atoms with Crippen LogP contribution in [0, 0.1) is 0 Å². The Kier molecular flexibility index (Phi) is 3.01. The second kappa shape index (κ2) is 4.62. The highest BCUT2D eigenvalue weighted by Gasteiger charge is 1.97. The van der Waals surface area contributed by atoms with Gasteiger partial charge in [0.05, 0.1) is 6.26 Å². The fourth-order valence-electron chi connectivity index (χ4n) is 1.39. The molecule has 16 heavy (non-hydrogen) atoms. The summed E-state index contributed by atoms with van der Waals surface area (Å²) in [6.45, 7) is 1.56. The lowest BCUT2D eigenvalue weighted by atomic mass is 10.1. The molecule has 0 aliphatic rings. The van der Waals surface area contributed by atoms with Crippen molar-refractivity contribution >= 4 is 17.9 Å². The van der Waals surface area contributed by atoms with Crippen LogP contribution in [0.25, 0.3) is 12.2 Å². The zero-order valence-electron chi connectivity index (χ0n) is 9.01. The summed E-state index contributed by atoms with van der Waals surface area (Å²) < 4.78 is 5.18. The van der Waals surface area contributed by atoms with Crippen LogP contribution in [0.15, 0.2) is 47.1 Å². The van der Waals surface area contributed by atoms with Crippen molar-refractivity contribution in [2.24, 2.45) is 0 Å². The van der Waals surface area contributed by atoms with Gasteiger partial charge in [0.15, 0.2) is 5.78 Å². The van der Waals surface area contributed by atoms with Gasteiger partial charge in [-0.1, -0.05) is 30.3 Å². The summed E-state index contributed by atoms with van der Waals surface area (Å²) in [6, 6.07) is 11.2. The molecule has 0 N–H and O–H groups in total. The summed E-state index contributed by atoms with van der Waals surface area (Å²) in [5.74, 6) is 0.900. The van der Waals surface area contributed by atoms with Crippen LogP contribution in [0.4, 0.5) is 0 Å². The minimum Gasteiger partial charge on any atom is -0.465 e. The Morgan fingerprint density at radius 2 is 1.88 bits per heavy atom. The number of carbonyl (C=O) groups excluding carboxylic acids is 1. The fraction of sp³-hybridized carbons (Fsp3) is 0.0714. The van der Waals surface area contributed by atoms with Gasteiger partial charge in [0.2, 0.25) is 0 Å². The van der Waals surface area contributed by atoms with Gasteiger partial charge in [-0.15, -0.1) is 0 Å². The van der Waals surface area contributed by atoms with Gasteiger partial charge in [0.1, 0.15) is 5.76 Å². The third-order valence-corrected chi connectivity index (χ3v) is 2.30. The van der Waals surface area contributed by atoms with E-state index in [1.165, 1.54) is 0 Å². The summed E-state index contributed by atoms with van der Waals surface area (Å²) >= 11 is 0. The molecule has 1 aromatic heterocycles. The monoisotopic (exact) mass is 212 g/mol. The van der Waals surface area contributed by atoms with Gasteiger partial charge in [-0.25, -0.2) is 0 Å². The molecule has 2 aromatic rings. The van der Waals surface area contributed by atoms with E-state index in [-0.39, 0.29) is 5.78 Å². The first-order valence-electron chi connectivity index (χ1n) is 5.08. The van der Waals surface area contributed by atoms with E-state index in [9.17, 15) is 4.79 Å². The molecular weight excluding hydrogens is 200 g/mol. The molecule has 2 rings (SSSR count). The van der Waals surface area contributed by atoms with E-state index in [1.54, 1.807) is 13.2 Å². The smallest absolute Gasteiger partial charge is 0.159 e. The van der Waals surface area contributed by atoms with Gasteiger partial charge < -0.3 is 4.42 Å². The number of hydrogen-bond acceptors (Lipinski definition) is 2. The Morgan fingerprint density at radius 1 is 1.12 bits per heavy atom. The van der Waals surface area contributed by atoms with Gasteiger partial charge >= 0.3 is 0 Å². The predicted octanol–water partition coefficient (Wildman–Crippen LogP) is 3.65. The largest absolute Gasteiger partial charge is 0.465 e. The summed E-state index contributed by atoms with van der Waals surface area (Å²) in [5, 5.41) is 0. The Bertz CT molecular complexity index is 490. The van der Waals surface area contributed by atoms with E-state index in [0.717, 1.165) is 16.9 Å². The number of hydrogen-bond donors (Lipinski definition) is 0. The number of carbonyl (C=O) groups is 1. The van der Waals surface area contributed by atoms with Crippen LogP contribution >= 0.6 is 0 Å². The molecule has 80 valence electrons. The molecule has 1 aromatic carbocycles. The SMILES string of the molecule is CC(=O)c1ccc(/C=C/c2ccco2)cc1. The third-order valence-electron chi connectivity index (χ3n) is 2.30. The molecular formula is C14H12O2. The highest BCUT2D eigenvalue weighted by Crippen LogP contribution is 2.10. The molecule has 0 aliphatic heterocycles. The first-order valence-corrected chi connectivity index (χ1v) is 5.08. The van der Waals surface area contributed by atoms with Crippen molar-refractivity contribution in [3.05, 3.63) is 59.5 Å². The number of ketones is 1. The molecule has 0 atom stereocenters. The maximum Gasteiger partial charge on any atom is 0.159 e. The van der Waals surface area contributed by atoms with Crippen LogP contribution in [0.2, 0.25) is 0 Å². The van der Waals surface area contributed by atoms with Crippen molar-refractivity contribution in [3.63, 3.8) is 0 Å². The third kappa shape index (κ3) is 2.48. The topological polar surface area (TPSA) is 30.2 Å². The van der Waals surface area contributed by atoms with Gasteiger partial charge in [0, 0.05) is 5.56 Å². The standard InChI is InChI=1S/C14H12O2/c1-11(15)13-7-4-12(5-8-13)6-9-14-3-2-10-16-14/h2-10H,1H3/b9-6+. The second-order valence-electron chi connectivity index (χ2n) is 3.53. The number of rotatable bonds is 3. The van der Waals surface area contributed by atoms with Gasteiger partial charge in [-0.05, 0) is 30.7 Å². The molecule has 0 saturated carbocycles. The summed E-state index contributed by atoms with van der Waals surface area (Å²) in [4.78, 5) is 11.1. The molecule has 0 aliphatic carbocycles. The van der Waals surface area contributed by atoms with E-state index < -0.39 is 0 Å². The van der Waals surface area contributed by atoms with Crippen molar-refractivity contribution in [3.8, 4) is 0 Å². The fourth-order valence-corrected chi connectivity index (χ4v) is 1.39. The van der Waals surface area contributed by atoms with Crippen molar-refractivity contribution < 1.29 is 9.21 Å². The number of Topliss-reactive ketones (excluding diaryl/α,β-unsaturated/α-hetero) is 1. The lowest BCUT2D eigenvalue weighted by molar-refractivity contribution is 0.101. The Labute approximate surface area is 94.2 Å². The summed E-state index contributed by atoms with van der Waals surface area (Å²) in [5.41, 5.74) is 1.77. The van der Waals surface area contributed by atoms with E-state index in [0.29, 0.717) is 0 Å². The lowest BCUT2D eigenvalue weighted by Gasteiger charge is -1.96. The molecule has 2 heteroatoms. The van der Waals surface area contributed by atoms with E-state index in [1.807, 2.05) is 48.6 Å². The second-order valence-corrected chi connectivity index (χ2v) is 3.53. The molecule has 2 nitrogen and oxygen atoms in total. The Hall–Kier alpha value is -2.09. The lowest BCUT2D eigenvalue weighted by Crippen LogP contribution is -1.90. The zero-order valence-corrected chi connectivity index (χ0v) is 9.01. The van der Waals surface area contributed by atoms with Crippen LogP contribution in [0.1, 0.15) is 28.6 Å². The first-order chi connectivity index (χ1) is 7.75. The van der Waals surface area contributed by atoms with Crippen LogP contribution in [-0.2, 0) is 0 Å². The average Bonchev–Trinajstić information content (AvgIpc) is 2.80. The minimum absolute atomic E-state index is 0.0848. The Balaban J connectivity index is 2.14. The maximum absolute atomic E-state index is 11.1. The molecule has 1 heterocycles. The van der Waals surface area contributed by atoms with Gasteiger partial charge in [-0.2, -0.15) is 0 Å². The molecule has 0 bridgehead atoms. The summed E-state index contributed by atoms with van der Waals surface area (Å²) in [6.07, 6.45) is 5.48. The molecule has 0 radical (unpaired) electrons. The van der Waals surface area contributed by atoms with Crippen molar-refractivity contribution in [1.29, 1.82) is 0 Å². The zero-order chi connectivity index (χ0) is 11.4. The molecule has 0 amide bonds. The number of furan rings is 1. The Morgan fingerprint density at radius 3 is 2.44 bits per heavy atom. The van der Waals surface area contributed by atoms with Crippen LogP contribution < -0.4 is 0 Å². The minimum atomic E-state index is 0.0848. The van der Waals surface area contributed by atoms with Crippen LogP contribution in [-0.4, -0.2) is 5.78 Å². The van der Waals surface area contributed by atoms with Gasteiger partial charge in [-0.3, -0.25) is 4.79 Å². The highest BCUT2D eigenvalue weighted by atomic mass is 16.3. The van der Waals surface area contributed by atoms with Gasteiger partial charge in [0.25, 0.3) is 0 Å². The predicted molar refractivity (Wildman–Crippen MR) is 64.1 cm³/mol. The maximum atomic E-state index is 11.1. The normalized spacial score (nSPS) is 10.8. The summed E-state index contributed by atoms with van der Waals surface area (Å²) in [7, 11) is 0. The quantitative estimate of drug-likeness (QED) is 0.727. The highest BCUT2D eigenvalue weighted by molar-refractivity contribution is 5.94. The van der Waals surface area contributed by atoms with Crippen molar-refractivity contribution in [1.82, 2.24) is 0 Å². The van der Waals surface area contributed by atoms with E-state index >= 15 is 0 Å². The molecule has 0 fully saturated rings. The van der Waals surface area contributed by atoms with Crippen molar-refractivity contribution in [2.45, 2.75) is 6.92 Å². The molecule has 0 unspecified atom stereocenters.